The van der Waals surface area contributed by atoms with E-state index in [-0.39, 0.29) is 24.2 Å². The highest BCUT2D eigenvalue weighted by molar-refractivity contribution is 5.91. The number of rotatable bonds is 5. The van der Waals surface area contributed by atoms with Crippen molar-refractivity contribution < 1.29 is 14.4 Å². The number of hydrogen-bond acceptors (Lipinski definition) is 3. The minimum Gasteiger partial charge on any atom is -0.298 e. The number of hydrogen-bond donors (Lipinski definition) is 0. The van der Waals surface area contributed by atoms with Crippen LogP contribution in [0.15, 0.2) is 0 Å². The van der Waals surface area contributed by atoms with Crippen LogP contribution in [0.2, 0.25) is 0 Å². The molecular formula is C9H15NO3. The maximum absolute atomic E-state index is 11.3. The first-order valence-corrected chi connectivity index (χ1v) is 4.21. The lowest BCUT2D eigenvalue weighted by molar-refractivity contribution is -0.141. The highest BCUT2D eigenvalue weighted by Crippen LogP contribution is 2.02. The van der Waals surface area contributed by atoms with Crippen molar-refractivity contribution >= 4 is 18.1 Å². The van der Waals surface area contributed by atoms with Crippen molar-refractivity contribution in [3.05, 3.63) is 0 Å². The summed E-state index contributed by atoms with van der Waals surface area (Å²) >= 11 is 0. The van der Waals surface area contributed by atoms with Gasteiger partial charge in [0.2, 0.25) is 12.3 Å². The Balaban J connectivity index is 4.15. The smallest absolute Gasteiger partial charge is 0.229 e. The first-order valence-electron chi connectivity index (χ1n) is 4.21. The van der Waals surface area contributed by atoms with Crippen LogP contribution in [-0.4, -0.2) is 29.5 Å². The number of imide groups is 1. The minimum absolute atomic E-state index is 0.116. The van der Waals surface area contributed by atoms with E-state index >= 15 is 0 Å². The number of carbonyl (C=O) groups excluding carboxylic acids is 3. The number of nitrogens with zero attached hydrogens (tertiary/aromatic N) is 1. The minimum atomic E-state index is -0.291. The molecule has 0 fully saturated rings. The maximum Gasteiger partial charge on any atom is 0.229 e. The summed E-state index contributed by atoms with van der Waals surface area (Å²) in [6.45, 7) is 5.00. The molecule has 0 unspecified atom stereocenters. The van der Waals surface area contributed by atoms with E-state index in [0.717, 1.165) is 4.90 Å². The monoisotopic (exact) mass is 185 g/mol. The number of carbonyl (C=O) groups is 3. The number of Topliss-reactive ketones (excluding diaryl/α,β-unsaturated/α-hetero) is 1. The van der Waals surface area contributed by atoms with Crippen molar-refractivity contribution in [2.45, 2.75) is 27.2 Å². The Morgan fingerprint density at radius 2 is 1.92 bits per heavy atom. The van der Waals surface area contributed by atoms with Crippen LogP contribution in [0.4, 0.5) is 0 Å². The molecule has 0 aliphatic heterocycles. The second kappa shape index (κ2) is 5.45. The van der Waals surface area contributed by atoms with Gasteiger partial charge in [0, 0.05) is 6.42 Å². The predicted molar refractivity (Wildman–Crippen MR) is 47.9 cm³/mol. The van der Waals surface area contributed by atoms with Crippen LogP contribution in [0, 0.1) is 5.92 Å². The molecule has 0 aliphatic rings. The molecule has 0 rings (SSSR count). The normalized spacial score (nSPS) is 9.85. The van der Waals surface area contributed by atoms with Crippen LogP contribution >= 0.6 is 0 Å². The van der Waals surface area contributed by atoms with Crippen LogP contribution in [0.3, 0.4) is 0 Å². The molecule has 0 N–H and O–H groups in total. The molecule has 0 atom stereocenters. The molecule has 0 saturated heterocycles. The van der Waals surface area contributed by atoms with E-state index in [9.17, 15) is 14.4 Å². The van der Waals surface area contributed by atoms with E-state index in [0.29, 0.717) is 12.8 Å². The summed E-state index contributed by atoms with van der Waals surface area (Å²) in [6.07, 6.45) is 0.706. The summed E-state index contributed by atoms with van der Waals surface area (Å²) < 4.78 is 0. The van der Waals surface area contributed by atoms with E-state index in [2.05, 4.69) is 0 Å². The van der Waals surface area contributed by atoms with Crippen LogP contribution in [0.5, 0.6) is 0 Å². The van der Waals surface area contributed by atoms with Gasteiger partial charge in [-0.1, -0.05) is 13.8 Å². The summed E-state index contributed by atoms with van der Waals surface area (Å²) in [5, 5.41) is 0. The lowest BCUT2D eigenvalue weighted by Crippen LogP contribution is -2.34. The van der Waals surface area contributed by atoms with Crippen LogP contribution in [-0.2, 0) is 14.4 Å². The average Bonchev–Trinajstić information content (AvgIpc) is 1.98. The van der Waals surface area contributed by atoms with E-state index in [4.69, 9.17) is 0 Å². The van der Waals surface area contributed by atoms with Crippen LogP contribution in [0.25, 0.3) is 0 Å². The third-order valence-electron chi connectivity index (χ3n) is 1.42. The van der Waals surface area contributed by atoms with Gasteiger partial charge in [-0.25, -0.2) is 0 Å². The lowest BCUT2D eigenvalue weighted by atomic mass is 10.1. The second-order valence-corrected chi connectivity index (χ2v) is 3.43. The first kappa shape index (κ1) is 11.8. The SMILES string of the molecule is CC(=O)CN(C=O)C(=O)CC(C)C. The van der Waals surface area contributed by atoms with Gasteiger partial charge in [-0.3, -0.25) is 19.3 Å². The van der Waals surface area contributed by atoms with E-state index in [1.807, 2.05) is 13.8 Å². The summed E-state index contributed by atoms with van der Waals surface area (Å²) in [6, 6.07) is 0. The highest BCUT2D eigenvalue weighted by atomic mass is 16.2. The second-order valence-electron chi connectivity index (χ2n) is 3.43. The van der Waals surface area contributed by atoms with Crippen molar-refractivity contribution in [2.24, 2.45) is 5.92 Å². The fraction of sp³-hybridized carbons (Fsp3) is 0.667. The van der Waals surface area contributed by atoms with Gasteiger partial charge in [0.05, 0.1) is 6.54 Å². The molecule has 4 heteroatoms. The Hall–Kier alpha value is -1.19. The van der Waals surface area contributed by atoms with Crippen molar-refractivity contribution in [3.8, 4) is 0 Å². The van der Waals surface area contributed by atoms with E-state index in [1.165, 1.54) is 6.92 Å². The van der Waals surface area contributed by atoms with Crippen LogP contribution in [0.1, 0.15) is 27.2 Å². The van der Waals surface area contributed by atoms with Gasteiger partial charge in [0.15, 0.2) is 0 Å². The predicted octanol–water partition coefficient (Wildman–Crippen LogP) is 0.606. The van der Waals surface area contributed by atoms with Gasteiger partial charge in [0.1, 0.15) is 5.78 Å². The van der Waals surface area contributed by atoms with Gasteiger partial charge >= 0.3 is 0 Å². The first-order chi connectivity index (χ1) is 5.97. The summed E-state index contributed by atoms with van der Waals surface area (Å²) in [4.78, 5) is 33.2. The molecule has 0 bridgehead atoms. The standard InChI is InChI=1S/C9H15NO3/c1-7(2)4-9(13)10(6-11)5-8(3)12/h6-7H,4-5H2,1-3H3. The quantitative estimate of drug-likeness (QED) is 0.589. The molecular weight excluding hydrogens is 170 g/mol. The molecule has 4 nitrogen and oxygen atoms in total. The maximum atomic E-state index is 11.3. The van der Waals surface area contributed by atoms with Gasteiger partial charge < -0.3 is 0 Å². The number of amides is 2. The Kier molecular flexibility index (Phi) is 4.96. The summed E-state index contributed by atoms with van der Waals surface area (Å²) in [5.74, 6) is -0.286. The molecule has 0 radical (unpaired) electrons. The average molecular weight is 185 g/mol. The van der Waals surface area contributed by atoms with E-state index in [1.54, 1.807) is 0 Å². The molecule has 13 heavy (non-hydrogen) atoms. The third-order valence-corrected chi connectivity index (χ3v) is 1.42. The Labute approximate surface area is 77.9 Å². The fourth-order valence-corrected chi connectivity index (χ4v) is 0.891. The van der Waals surface area contributed by atoms with Gasteiger partial charge in [-0.2, -0.15) is 0 Å². The molecule has 0 aromatic rings. The highest BCUT2D eigenvalue weighted by Gasteiger charge is 2.15. The Morgan fingerprint density at radius 1 is 1.38 bits per heavy atom. The molecule has 2 amide bonds. The lowest BCUT2D eigenvalue weighted by Gasteiger charge is -2.14. The van der Waals surface area contributed by atoms with Crippen molar-refractivity contribution in [2.75, 3.05) is 6.54 Å². The van der Waals surface area contributed by atoms with Gasteiger partial charge in [-0.05, 0) is 12.8 Å². The third kappa shape index (κ3) is 5.11. The zero-order chi connectivity index (χ0) is 10.4. The largest absolute Gasteiger partial charge is 0.298 e. The zero-order valence-electron chi connectivity index (χ0n) is 8.24. The van der Waals surface area contributed by atoms with E-state index < -0.39 is 0 Å². The van der Waals surface area contributed by atoms with Crippen LogP contribution < -0.4 is 0 Å². The summed E-state index contributed by atoms with van der Waals surface area (Å²) in [7, 11) is 0. The molecule has 0 saturated carbocycles. The Bertz CT molecular complexity index is 211. The summed E-state index contributed by atoms with van der Waals surface area (Å²) in [5.41, 5.74) is 0. The molecule has 0 aliphatic carbocycles. The van der Waals surface area contributed by atoms with Crippen molar-refractivity contribution in [1.82, 2.24) is 4.90 Å². The molecule has 0 spiro atoms. The van der Waals surface area contributed by atoms with Crippen molar-refractivity contribution in [1.29, 1.82) is 0 Å². The number of ketones is 1. The molecule has 0 heterocycles. The fourth-order valence-electron chi connectivity index (χ4n) is 0.891. The topological polar surface area (TPSA) is 54.5 Å². The Morgan fingerprint density at radius 3 is 2.23 bits per heavy atom. The zero-order valence-corrected chi connectivity index (χ0v) is 8.24. The van der Waals surface area contributed by atoms with Gasteiger partial charge in [0.25, 0.3) is 0 Å². The molecule has 74 valence electrons. The van der Waals surface area contributed by atoms with Gasteiger partial charge in [-0.15, -0.1) is 0 Å². The molecule has 0 aromatic heterocycles. The molecule has 0 aromatic carbocycles. The van der Waals surface area contributed by atoms with Crippen molar-refractivity contribution in [3.63, 3.8) is 0 Å².